The molecular formula is C17H24O4. The van der Waals surface area contributed by atoms with Crippen molar-refractivity contribution < 1.29 is 20.1 Å². The maximum absolute atomic E-state index is 11.6. The first-order chi connectivity index (χ1) is 9.97. The van der Waals surface area contributed by atoms with Crippen LogP contribution in [0.3, 0.4) is 0 Å². The lowest BCUT2D eigenvalue weighted by molar-refractivity contribution is -0.119. The molecule has 0 amide bonds. The second-order valence-corrected chi connectivity index (χ2v) is 5.36. The van der Waals surface area contributed by atoms with Crippen molar-refractivity contribution in [3.63, 3.8) is 0 Å². The minimum Gasteiger partial charge on any atom is -0.508 e. The van der Waals surface area contributed by atoms with Gasteiger partial charge in [0.15, 0.2) is 0 Å². The SMILES string of the molecule is CC(O)CCCC(=O)CCCC=Cc1cc(O)cc(O)c1. The first-order valence-electron chi connectivity index (χ1n) is 7.36. The van der Waals surface area contributed by atoms with Crippen molar-refractivity contribution >= 4 is 11.9 Å². The van der Waals surface area contributed by atoms with Crippen LogP contribution in [0.1, 0.15) is 51.0 Å². The Hall–Kier alpha value is -1.81. The molecule has 0 saturated carbocycles. The molecule has 116 valence electrons. The van der Waals surface area contributed by atoms with Crippen LogP contribution < -0.4 is 0 Å². The summed E-state index contributed by atoms with van der Waals surface area (Å²) in [5.74, 6) is 0.296. The normalized spacial score (nSPS) is 12.7. The van der Waals surface area contributed by atoms with E-state index in [4.69, 9.17) is 5.11 Å². The number of hydrogen-bond donors (Lipinski definition) is 3. The van der Waals surface area contributed by atoms with Gasteiger partial charge < -0.3 is 15.3 Å². The van der Waals surface area contributed by atoms with Crippen LogP contribution in [0.4, 0.5) is 0 Å². The van der Waals surface area contributed by atoms with Crippen molar-refractivity contribution in [1.82, 2.24) is 0 Å². The highest BCUT2D eigenvalue weighted by molar-refractivity contribution is 5.78. The van der Waals surface area contributed by atoms with Gasteiger partial charge in [-0.2, -0.15) is 0 Å². The lowest BCUT2D eigenvalue weighted by atomic mass is 10.1. The molecule has 1 aromatic rings. The standard InChI is InChI=1S/C17H24O4/c1-13(18)6-5-9-15(19)8-4-2-3-7-14-10-16(20)12-17(21)11-14/h3,7,10-13,18,20-21H,2,4-6,8-9H2,1H3. The van der Waals surface area contributed by atoms with Crippen LogP contribution in [-0.4, -0.2) is 27.2 Å². The summed E-state index contributed by atoms with van der Waals surface area (Å²) in [7, 11) is 0. The first kappa shape index (κ1) is 17.2. The van der Waals surface area contributed by atoms with Gasteiger partial charge in [0.05, 0.1) is 6.10 Å². The zero-order valence-corrected chi connectivity index (χ0v) is 12.5. The topological polar surface area (TPSA) is 77.8 Å². The van der Waals surface area contributed by atoms with Crippen molar-refractivity contribution in [3.8, 4) is 11.5 Å². The second kappa shape index (κ2) is 9.19. The number of phenolic OH excluding ortho intramolecular Hbond substituents is 2. The van der Waals surface area contributed by atoms with E-state index in [9.17, 15) is 15.0 Å². The number of unbranched alkanes of at least 4 members (excludes halogenated alkanes) is 1. The molecule has 0 aliphatic heterocycles. The van der Waals surface area contributed by atoms with Gasteiger partial charge in [-0.25, -0.2) is 0 Å². The van der Waals surface area contributed by atoms with E-state index in [1.807, 2.05) is 12.2 Å². The summed E-state index contributed by atoms with van der Waals surface area (Å²) in [6, 6.07) is 4.41. The van der Waals surface area contributed by atoms with E-state index >= 15 is 0 Å². The quantitative estimate of drug-likeness (QED) is 0.610. The maximum atomic E-state index is 11.6. The van der Waals surface area contributed by atoms with E-state index in [0.717, 1.165) is 24.8 Å². The zero-order valence-electron chi connectivity index (χ0n) is 12.5. The molecule has 0 spiro atoms. The van der Waals surface area contributed by atoms with Gasteiger partial charge in [-0.1, -0.05) is 12.2 Å². The summed E-state index contributed by atoms with van der Waals surface area (Å²) >= 11 is 0. The number of aromatic hydroxyl groups is 2. The molecule has 4 heteroatoms. The minimum atomic E-state index is -0.334. The molecule has 0 heterocycles. The fraction of sp³-hybridized carbons (Fsp3) is 0.471. The fourth-order valence-corrected chi connectivity index (χ4v) is 2.07. The Balaban J connectivity index is 2.21. The molecule has 4 nitrogen and oxygen atoms in total. The number of aliphatic hydroxyl groups is 1. The number of ketones is 1. The number of rotatable bonds is 9. The van der Waals surface area contributed by atoms with Gasteiger partial charge in [0.2, 0.25) is 0 Å². The third-order valence-corrected chi connectivity index (χ3v) is 3.14. The minimum absolute atomic E-state index is 0.0305. The number of carbonyl (C=O) groups is 1. The average Bonchev–Trinajstić information content (AvgIpc) is 2.36. The molecule has 0 radical (unpaired) electrons. The van der Waals surface area contributed by atoms with Gasteiger partial charge in [-0.15, -0.1) is 0 Å². The van der Waals surface area contributed by atoms with Crippen molar-refractivity contribution in [1.29, 1.82) is 0 Å². The maximum Gasteiger partial charge on any atom is 0.132 e. The molecule has 0 saturated heterocycles. The highest BCUT2D eigenvalue weighted by Crippen LogP contribution is 2.21. The smallest absolute Gasteiger partial charge is 0.132 e. The van der Waals surface area contributed by atoms with E-state index in [1.165, 1.54) is 6.07 Å². The van der Waals surface area contributed by atoms with Crippen LogP contribution in [0.15, 0.2) is 24.3 Å². The second-order valence-electron chi connectivity index (χ2n) is 5.36. The van der Waals surface area contributed by atoms with Crippen LogP contribution in [-0.2, 0) is 4.79 Å². The highest BCUT2D eigenvalue weighted by atomic mass is 16.3. The highest BCUT2D eigenvalue weighted by Gasteiger charge is 2.03. The van der Waals surface area contributed by atoms with Crippen LogP contribution in [0.25, 0.3) is 6.08 Å². The van der Waals surface area contributed by atoms with E-state index < -0.39 is 0 Å². The molecule has 21 heavy (non-hydrogen) atoms. The van der Waals surface area contributed by atoms with Gasteiger partial charge in [0.1, 0.15) is 17.3 Å². The van der Waals surface area contributed by atoms with Gasteiger partial charge in [-0.05, 0) is 50.3 Å². The fourth-order valence-electron chi connectivity index (χ4n) is 2.07. The monoisotopic (exact) mass is 292 g/mol. The summed E-state index contributed by atoms with van der Waals surface area (Å²) in [6.45, 7) is 1.73. The molecular weight excluding hydrogens is 268 g/mol. The first-order valence-corrected chi connectivity index (χ1v) is 7.36. The third kappa shape index (κ3) is 8.15. The van der Waals surface area contributed by atoms with Crippen molar-refractivity contribution in [2.45, 2.75) is 51.6 Å². The summed E-state index contributed by atoms with van der Waals surface area (Å²) in [4.78, 5) is 11.6. The Morgan fingerprint density at radius 2 is 1.76 bits per heavy atom. The van der Waals surface area contributed by atoms with E-state index in [2.05, 4.69) is 0 Å². The summed E-state index contributed by atoms with van der Waals surface area (Å²) in [5, 5.41) is 27.8. The molecule has 0 fully saturated rings. The predicted molar refractivity (Wildman–Crippen MR) is 83.2 cm³/mol. The number of benzene rings is 1. The number of hydrogen-bond acceptors (Lipinski definition) is 4. The molecule has 0 bridgehead atoms. The van der Waals surface area contributed by atoms with E-state index in [1.54, 1.807) is 19.1 Å². The Kier molecular flexibility index (Phi) is 7.54. The number of allylic oxidation sites excluding steroid dienone is 1. The summed E-state index contributed by atoms with van der Waals surface area (Å²) < 4.78 is 0. The molecule has 0 aromatic heterocycles. The lowest BCUT2D eigenvalue weighted by Crippen LogP contribution is -2.02. The van der Waals surface area contributed by atoms with Crippen LogP contribution in [0, 0.1) is 0 Å². The molecule has 0 aliphatic rings. The number of aliphatic hydroxyl groups excluding tert-OH is 1. The van der Waals surface area contributed by atoms with Crippen LogP contribution in [0.2, 0.25) is 0 Å². The third-order valence-electron chi connectivity index (χ3n) is 3.14. The van der Waals surface area contributed by atoms with E-state index in [0.29, 0.717) is 19.3 Å². The molecule has 1 rings (SSSR count). The van der Waals surface area contributed by atoms with E-state index in [-0.39, 0.29) is 23.4 Å². The molecule has 1 atom stereocenters. The summed E-state index contributed by atoms with van der Waals surface area (Å²) in [6.07, 6.45) is 7.48. The average molecular weight is 292 g/mol. The van der Waals surface area contributed by atoms with Gasteiger partial charge in [0, 0.05) is 18.9 Å². The number of phenols is 2. The number of Topliss-reactive ketones (excluding diaryl/α,β-unsaturated/α-hetero) is 1. The molecule has 1 unspecified atom stereocenters. The number of carbonyl (C=O) groups excluding carboxylic acids is 1. The predicted octanol–water partition coefficient (Wildman–Crippen LogP) is 3.40. The largest absolute Gasteiger partial charge is 0.508 e. The Labute approximate surface area is 125 Å². The van der Waals surface area contributed by atoms with Crippen molar-refractivity contribution in [3.05, 3.63) is 29.8 Å². The Morgan fingerprint density at radius 1 is 1.14 bits per heavy atom. The Morgan fingerprint density at radius 3 is 2.38 bits per heavy atom. The van der Waals surface area contributed by atoms with Gasteiger partial charge >= 0.3 is 0 Å². The summed E-state index contributed by atoms with van der Waals surface area (Å²) in [5.41, 5.74) is 0.732. The molecule has 0 aliphatic carbocycles. The van der Waals surface area contributed by atoms with Gasteiger partial charge in [0.25, 0.3) is 0 Å². The zero-order chi connectivity index (χ0) is 15.7. The molecule has 3 N–H and O–H groups in total. The van der Waals surface area contributed by atoms with Crippen LogP contribution in [0.5, 0.6) is 11.5 Å². The Bertz CT molecular complexity index is 457. The van der Waals surface area contributed by atoms with Crippen LogP contribution >= 0.6 is 0 Å². The van der Waals surface area contributed by atoms with Crippen molar-refractivity contribution in [2.24, 2.45) is 0 Å². The van der Waals surface area contributed by atoms with Gasteiger partial charge in [-0.3, -0.25) is 4.79 Å². The van der Waals surface area contributed by atoms with Crippen molar-refractivity contribution in [2.75, 3.05) is 0 Å². The lowest BCUT2D eigenvalue weighted by Gasteiger charge is -2.03. The molecule has 1 aromatic carbocycles.